The Kier molecular flexibility index (Phi) is 3.82. The van der Waals surface area contributed by atoms with Gasteiger partial charge in [0, 0.05) is 12.7 Å². The first kappa shape index (κ1) is 12.4. The van der Waals surface area contributed by atoms with E-state index in [1.54, 1.807) is 0 Å². The van der Waals surface area contributed by atoms with Crippen molar-refractivity contribution in [1.29, 1.82) is 0 Å². The summed E-state index contributed by atoms with van der Waals surface area (Å²) in [6.07, 6.45) is 3.91. The van der Waals surface area contributed by atoms with E-state index in [-0.39, 0.29) is 6.04 Å². The maximum atomic E-state index is 4.50. The van der Waals surface area contributed by atoms with E-state index in [0.717, 1.165) is 18.2 Å². The molecule has 2 rings (SSSR count). The molecule has 94 valence electrons. The van der Waals surface area contributed by atoms with E-state index < -0.39 is 0 Å². The van der Waals surface area contributed by atoms with Crippen LogP contribution in [0.3, 0.4) is 0 Å². The first-order chi connectivity index (χ1) is 8.72. The summed E-state index contributed by atoms with van der Waals surface area (Å²) in [7, 11) is 0. The van der Waals surface area contributed by atoms with Gasteiger partial charge in [0.15, 0.2) is 0 Å². The third-order valence-corrected chi connectivity index (χ3v) is 2.96. The minimum Gasteiger partial charge on any atom is -0.352 e. The summed E-state index contributed by atoms with van der Waals surface area (Å²) in [6.45, 7) is 8.62. The molecule has 1 N–H and O–H groups in total. The molecule has 3 heteroatoms. The van der Waals surface area contributed by atoms with Crippen LogP contribution in [-0.4, -0.2) is 16.1 Å². The Hall–Kier alpha value is -2.03. The maximum Gasteiger partial charge on any atom is 0.203 e. The molecular formula is C15H19N3. The standard InChI is InChI=1S/C15H19N3/c1-4-10-16-15-17-12(2)11-18(15)13(3)14-8-6-5-7-9-14/h4-9,11,13H,1,10H2,2-3H3,(H,16,17). The number of benzene rings is 1. The molecule has 0 aliphatic carbocycles. The summed E-state index contributed by atoms with van der Waals surface area (Å²) in [6, 6.07) is 10.7. The summed E-state index contributed by atoms with van der Waals surface area (Å²) < 4.78 is 2.16. The van der Waals surface area contributed by atoms with E-state index in [1.165, 1.54) is 5.56 Å². The van der Waals surface area contributed by atoms with Crippen LogP contribution < -0.4 is 5.32 Å². The number of rotatable bonds is 5. The minimum absolute atomic E-state index is 0.264. The highest BCUT2D eigenvalue weighted by atomic mass is 15.2. The fraction of sp³-hybridized carbons (Fsp3) is 0.267. The van der Waals surface area contributed by atoms with Gasteiger partial charge >= 0.3 is 0 Å². The summed E-state index contributed by atoms with van der Waals surface area (Å²) in [5.41, 5.74) is 2.29. The zero-order chi connectivity index (χ0) is 13.0. The van der Waals surface area contributed by atoms with Crippen molar-refractivity contribution in [1.82, 2.24) is 9.55 Å². The second-order valence-corrected chi connectivity index (χ2v) is 4.37. The van der Waals surface area contributed by atoms with Crippen molar-refractivity contribution in [3.05, 3.63) is 60.4 Å². The number of hydrogen-bond donors (Lipinski definition) is 1. The number of nitrogens with one attached hydrogen (secondary N) is 1. The average Bonchev–Trinajstić information content (AvgIpc) is 2.77. The normalized spacial score (nSPS) is 12.1. The topological polar surface area (TPSA) is 29.9 Å². The van der Waals surface area contributed by atoms with Crippen molar-refractivity contribution in [2.24, 2.45) is 0 Å². The molecule has 1 aromatic carbocycles. The lowest BCUT2D eigenvalue weighted by Gasteiger charge is -2.17. The van der Waals surface area contributed by atoms with Gasteiger partial charge in [0.1, 0.15) is 0 Å². The molecule has 0 amide bonds. The molecule has 18 heavy (non-hydrogen) atoms. The molecule has 0 radical (unpaired) electrons. The lowest BCUT2D eigenvalue weighted by molar-refractivity contribution is 0.644. The van der Waals surface area contributed by atoms with Crippen LogP contribution in [0.2, 0.25) is 0 Å². The highest BCUT2D eigenvalue weighted by molar-refractivity contribution is 5.33. The number of nitrogens with zero attached hydrogens (tertiary/aromatic N) is 2. The molecule has 0 bridgehead atoms. The fourth-order valence-electron chi connectivity index (χ4n) is 2.00. The minimum atomic E-state index is 0.264. The molecule has 1 unspecified atom stereocenters. The smallest absolute Gasteiger partial charge is 0.203 e. The van der Waals surface area contributed by atoms with Crippen LogP contribution in [0.5, 0.6) is 0 Å². The van der Waals surface area contributed by atoms with Crippen molar-refractivity contribution < 1.29 is 0 Å². The predicted molar refractivity (Wildman–Crippen MR) is 75.9 cm³/mol. The lowest BCUT2D eigenvalue weighted by Crippen LogP contribution is -2.11. The van der Waals surface area contributed by atoms with E-state index in [9.17, 15) is 0 Å². The highest BCUT2D eigenvalue weighted by Gasteiger charge is 2.12. The van der Waals surface area contributed by atoms with Crippen molar-refractivity contribution >= 4 is 5.95 Å². The molecule has 1 aromatic heterocycles. The summed E-state index contributed by atoms with van der Waals surface area (Å²) >= 11 is 0. The SMILES string of the molecule is C=CCNc1nc(C)cn1C(C)c1ccccc1. The first-order valence-electron chi connectivity index (χ1n) is 6.17. The van der Waals surface area contributed by atoms with Crippen molar-refractivity contribution in [3.8, 4) is 0 Å². The van der Waals surface area contributed by atoms with E-state index in [4.69, 9.17) is 0 Å². The number of hydrogen-bond acceptors (Lipinski definition) is 2. The van der Waals surface area contributed by atoms with Crippen LogP contribution >= 0.6 is 0 Å². The molecule has 3 nitrogen and oxygen atoms in total. The van der Waals surface area contributed by atoms with Crippen LogP contribution in [-0.2, 0) is 0 Å². The Morgan fingerprint density at radius 1 is 1.39 bits per heavy atom. The van der Waals surface area contributed by atoms with Gasteiger partial charge in [0.2, 0.25) is 5.95 Å². The van der Waals surface area contributed by atoms with E-state index in [0.29, 0.717) is 0 Å². The zero-order valence-corrected chi connectivity index (χ0v) is 10.9. The molecule has 0 aliphatic heterocycles. The van der Waals surface area contributed by atoms with Gasteiger partial charge in [-0.2, -0.15) is 0 Å². The van der Waals surface area contributed by atoms with Crippen molar-refractivity contribution in [2.45, 2.75) is 19.9 Å². The molecule has 0 saturated carbocycles. The van der Waals surface area contributed by atoms with Gasteiger partial charge < -0.3 is 9.88 Å². The van der Waals surface area contributed by atoms with Gasteiger partial charge in [-0.25, -0.2) is 4.98 Å². The predicted octanol–water partition coefficient (Wildman–Crippen LogP) is 3.40. The molecule has 1 atom stereocenters. The Balaban J connectivity index is 2.29. The van der Waals surface area contributed by atoms with Crippen LogP contribution in [0.4, 0.5) is 5.95 Å². The van der Waals surface area contributed by atoms with Gasteiger partial charge in [-0.3, -0.25) is 0 Å². The van der Waals surface area contributed by atoms with Gasteiger partial charge in [-0.15, -0.1) is 6.58 Å². The van der Waals surface area contributed by atoms with Gasteiger partial charge in [-0.1, -0.05) is 36.4 Å². The number of aryl methyl sites for hydroxylation is 1. The third-order valence-electron chi connectivity index (χ3n) is 2.96. The summed E-state index contributed by atoms with van der Waals surface area (Å²) in [5, 5.41) is 3.27. The quantitative estimate of drug-likeness (QED) is 0.813. The van der Waals surface area contributed by atoms with Gasteiger partial charge in [0.05, 0.1) is 11.7 Å². The molecule has 1 heterocycles. The first-order valence-corrected chi connectivity index (χ1v) is 6.17. The van der Waals surface area contributed by atoms with Crippen molar-refractivity contribution in [2.75, 3.05) is 11.9 Å². The summed E-state index contributed by atoms with van der Waals surface area (Å²) in [4.78, 5) is 4.50. The largest absolute Gasteiger partial charge is 0.352 e. The number of aromatic nitrogens is 2. The monoisotopic (exact) mass is 241 g/mol. The number of imidazole rings is 1. The van der Waals surface area contributed by atoms with Crippen LogP contribution in [0.25, 0.3) is 0 Å². The van der Waals surface area contributed by atoms with Crippen molar-refractivity contribution in [3.63, 3.8) is 0 Å². The third kappa shape index (κ3) is 2.62. The zero-order valence-electron chi connectivity index (χ0n) is 10.9. The Morgan fingerprint density at radius 3 is 2.78 bits per heavy atom. The summed E-state index contributed by atoms with van der Waals surface area (Å²) in [5.74, 6) is 0.892. The molecule has 0 saturated heterocycles. The van der Waals surface area contributed by atoms with Crippen LogP contribution in [0, 0.1) is 6.92 Å². The molecule has 2 aromatic rings. The average molecular weight is 241 g/mol. The van der Waals surface area contributed by atoms with Crippen LogP contribution in [0.15, 0.2) is 49.2 Å². The fourth-order valence-corrected chi connectivity index (χ4v) is 2.00. The Bertz CT molecular complexity index is 514. The van der Waals surface area contributed by atoms with E-state index in [2.05, 4.69) is 58.8 Å². The van der Waals surface area contributed by atoms with Gasteiger partial charge in [-0.05, 0) is 19.4 Å². The van der Waals surface area contributed by atoms with E-state index in [1.807, 2.05) is 19.1 Å². The Morgan fingerprint density at radius 2 is 2.11 bits per heavy atom. The molecule has 0 aliphatic rings. The second kappa shape index (κ2) is 5.54. The Labute approximate surface area is 108 Å². The van der Waals surface area contributed by atoms with E-state index >= 15 is 0 Å². The van der Waals surface area contributed by atoms with Gasteiger partial charge in [0.25, 0.3) is 0 Å². The molecule has 0 spiro atoms. The molecule has 0 fully saturated rings. The molecular weight excluding hydrogens is 222 g/mol. The number of anilines is 1. The lowest BCUT2D eigenvalue weighted by atomic mass is 10.1. The maximum absolute atomic E-state index is 4.50. The van der Waals surface area contributed by atoms with Crippen LogP contribution in [0.1, 0.15) is 24.2 Å². The highest BCUT2D eigenvalue weighted by Crippen LogP contribution is 2.22. The second-order valence-electron chi connectivity index (χ2n) is 4.37.